The van der Waals surface area contributed by atoms with Crippen LogP contribution < -0.4 is 9.47 Å². The number of carbonyl (C=O) groups excluding carboxylic acids is 2. The molecule has 1 atom stereocenters. The van der Waals surface area contributed by atoms with Crippen molar-refractivity contribution in [1.82, 2.24) is 4.90 Å². The van der Waals surface area contributed by atoms with Crippen LogP contribution >= 0.6 is 0 Å². The molecule has 0 N–H and O–H groups in total. The summed E-state index contributed by atoms with van der Waals surface area (Å²) in [5.74, 6) is 0.559. The Morgan fingerprint density at radius 2 is 1.79 bits per heavy atom. The zero-order valence-electron chi connectivity index (χ0n) is 17.7. The quantitative estimate of drug-likeness (QED) is 0.459. The van der Waals surface area contributed by atoms with E-state index in [0.29, 0.717) is 24.7 Å². The second-order valence-corrected chi connectivity index (χ2v) is 6.68. The van der Waals surface area contributed by atoms with Crippen LogP contribution in [0.3, 0.4) is 0 Å². The predicted molar refractivity (Wildman–Crippen MR) is 109 cm³/mol. The van der Waals surface area contributed by atoms with E-state index in [2.05, 4.69) is 4.90 Å². The standard InChI is InChI=1S/C22H31NO6/c1-5-28-21(24)14-17-9-7-8-12-23(17)18(15-22(25)29-6-2)16-10-11-19(26-3)20(13-16)27-4/h10-11,13-14,18H,5-9,12,15H2,1-4H3/b17-14+/t18-/m0/s1. The van der Waals surface area contributed by atoms with Crippen molar-refractivity contribution in [2.24, 2.45) is 0 Å². The number of nitrogens with zero attached hydrogens (tertiary/aromatic N) is 1. The van der Waals surface area contributed by atoms with Crippen LogP contribution in [-0.4, -0.2) is 50.8 Å². The van der Waals surface area contributed by atoms with Gasteiger partial charge in [0.15, 0.2) is 11.5 Å². The number of rotatable bonds is 9. The van der Waals surface area contributed by atoms with Crippen molar-refractivity contribution in [3.63, 3.8) is 0 Å². The Morgan fingerprint density at radius 1 is 1.07 bits per heavy atom. The van der Waals surface area contributed by atoms with E-state index >= 15 is 0 Å². The van der Waals surface area contributed by atoms with Crippen LogP contribution in [0.25, 0.3) is 0 Å². The van der Waals surface area contributed by atoms with Crippen LogP contribution in [0.4, 0.5) is 0 Å². The molecule has 1 fully saturated rings. The van der Waals surface area contributed by atoms with Crippen LogP contribution in [0, 0.1) is 0 Å². The van der Waals surface area contributed by atoms with Gasteiger partial charge < -0.3 is 23.8 Å². The molecule has 0 aromatic heterocycles. The number of hydrogen-bond acceptors (Lipinski definition) is 7. The Hall–Kier alpha value is -2.70. The van der Waals surface area contributed by atoms with E-state index in [0.717, 1.165) is 37.1 Å². The molecule has 0 spiro atoms. The number of esters is 2. The van der Waals surface area contributed by atoms with Crippen LogP contribution in [0.5, 0.6) is 11.5 Å². The van der Waals surface area contributed by atoms with E-state index in [9.17, 15) is 9.59 Å². The van der Waals surface area contributed by atoms with Crippen molar-refractivity contribution in [1.29, 1.82) is 0 Å². The first-order valence-corrected chi connectivity index (χ1v) is 10.1. The average molecular weight is 405 g/mol. The normalized spacial score (nSPS) is 16.3. The Bertz CT molecular complexity index is 730. The zero-order chi connectivity index (χ0) is 21.2. The van der Waals surface area contributed by atoms with E-state index in [1.807, 2.05) is 18.2 Å². The molecule has 1 heterocycles. The number of piperidine rings is 1. The lowest BCUT2D eigenvalue weighted by molar-refractivity contribution is -0.144. The first kappa shape index (κ1) is 22.6. The topological polar surface area (TPSA) is 74.3 Å². The Labute approximate surface area is 172 Å². The summed E-state index contributed by atoms with van der Waals surface area (Å²) in [5, 5.41) is 0. The van der Waals surface area contributed by atoms with Gasteiger partial charge in [-0.25, -0.2) is 4.79 Å². The van der Waals surface area contributed by atoms with Gasteiger partial charge in [-0.1, -0.05) is 6.07 Å². The maximum absolute atomic E-state index is 12.4. The first-order valence-electron chi connectivity index (χ1n) is 10.1. The van der Waals surface area contributed by atoms with E-state index in [1.165, 1.54) is 0 Å². The molecular formula is C22H31NO6. The van der Waals surface area contributed by atoms with Gasteiger partial charge in [-0.15, -0.1) is 0 Å². The SMILES string of the molecule is CCOC(=O)/C=C1\CCCCN1[C@@H](CC(=O)OCC)c1ccc(OC)c(OC)c1. The molecule has 29 heavy (non-hydrogen) atoms. The Balaban J connectivity index is 2.43. The third kappa shape index (κ3) is 6.14. The highest BCUT2D eigenvalue weighted by atomic mass is 16.5. The molecule has 1 saturated heterocycles. The molecule has 2 rings (SSSR count). The molecule has 160 valence electrons. The molecule has 1 aromatic carbocycles. The number of benzene rings is 1. The molecule has 7 nitrogen and oxygen atoms in total. The third-order valence-electron chi connectivity index (χ3n) is 4.86. The van der Waals surface area contributed by atoms with Crippen molar-refractivity contribution < 1.29 is 28.5 Å². The minimum atomic E-state index is -0.364. The summed E-state index contributed by atoms with van der Waals surface area (Å²) in [6.45, 7) is 4.95. The second kappa shape index (κ2) is 11.3. The lowest BCUT2D eigenvalue weighted by Gasteiger charge is -2.38. The molecule has 0 amide bonds. The van der Waals surface area contributed by atoms with Gasteiger partial charge in [-0.05, 0) is 50.8 Å². The van der Waals surface area contributed by atoms with Crippen LogP contribution in [0.2, 0.25) is 0 Å². The fraction of sp³-hybridized carbons (Fsp3) is 0.545. The summed E-state index contributed by atoms with van der Waals surface area (Å²) in [4.78, 5) is 26.5. The molecular weight excluding hydrogens is 374 g/mol. The van der Waals surface area contributed by atoms with Gasteiger partial charge in [0.2, 0.25) is 0 Å². The monoisotopic (exact) mass is 405 g/mol. The fourth-order valence-corrected chi connectivity index (χ4v) is 3.55. The number of likely N-dealkylation sites (tertiary alicyclic amines) is 1. The summed E-state index contributed by atoms with van der Waals surface area (Å²) in [6.07, 6.45) is 4.43. The highest BCUT2D eigenvalue weighted by Crippen LogP contribution is 2.37. The first-order chi connectivity index (χ1) is 14.0. The number of methoxy groups -OCH3 is 2. The number of hydrogen-bond donors (Lipinski definition) is 0. The molecule has 7 heteroatoms. The number of ether oxygens (including phenoxy) is 4. The number of allylic oxidation sites excluding steroid dienone is 1. The zero-order valence-corrected chi connectivity index (χ0v) is 17.7. The molecule has 1 aliphatic rings. The van der Waals surface area contributed by atoms with Crippen LogP contribution in [-0.2, 0) is 19.1 Å². The smallest absolute Gasteiger partial charge is 0.332 e. The van der Waals surface area contributed by atoms with Gasteiger partial charge in [0.1, 0.15) is 0 Å². The lowest BCUT2D eigenvalue weighted by Crippen LogP contribution is -2.34. The van der Waals surface area contributed by atoms with Gasteiger partial charge in [0.25, 0.3) is 0 Å². The van der Waals surface area contributed by atoms with Gasteiger partial charge in [-0.3, -0.25) is 4.79 Å². The number of carbonyl (C=O) groups is 2. The van der Waals surface area contributed by atoms with Gasteiger partial charge in [0.05, 0.1) is 39.9 Å². The van der Waals surface area contributed by atoms with E-state index in [-0.39, 0.29) is 24.4 Å². The molecule has 0 aliphatic carbocycles. The summed E-state index contributed by atoms with van der Waals surface area (Å²) < 4.78 is 21.1. The molecule has 1 aliphatic heterocycles. The van der Waals surface area contributed by atoms with Crippen molar-refractivity contribution >= 4 is 11.9 Å². The Kier molecular flexibility index (Phi) is 8.83. The largest absolute Gasteiger partial charge is 0.493 e. The van der Waals surface area contributed by atoms with Crippen LogP contribution in [0.1, 0.15) is 51.1 Å². The van der Waals surface area contributed by atoms with Crippen molar-refractivity contribution in [2.75, 3.05) is 34.0 Å². The maximum atomic E-state index is 12.4. The third-order valence-corrected chi connectivity index (χ3v) is 4.86. The van der Waals surface area contributed by atoms with E-state index in [4.69, 9.17) is 18.9 Å². The van der Waals surface area contributed by atoms with Crippen LogP contribution in [0.15, 0.2) is 30.0 Å². The van der Waals surface area contributed by atoms with Gasteiger partial charge >= 0.3 is 11.9 Å². The molecule has 0 bridgehead atoms. The molecule has 0 saturated carbocycles. The summed E-state index contributed by atoms with van der Waals surface area (Å²) in [6, 6.07) is 5.33. The minimum absolute atomic E-state index is 0.170. The highest BCUT2D eigenvalue weighted by Gasteiger charge is 2.29. The maximum Gasteiger partial charge on any atom is 0.332 e. The fourth-order valence-electron chi connectivity index (χ4n) is 3.55. The van der Waals surface area contributed by atoms with Gasteiger partial charge in [0, 0.05) is 18.3 Å². The molecule has 1 aromatic rings. The van der Waals surface area contributed by atoms with Crippen molar-refractivity contribution in [3.8, 4) is 11.5 Å². The Morgan fingerprint density at radius 3 is 2.45 bits per heavy atom. The highest BCUT2D eigenvalue weighted by molar-refractivity contribution is 5.82. The second-order valence-electron chi connectivity index (χ2n) is 6.68. The molecule has 0 unspecified atom stereocenters. The average Bonchev–Trinajstić information content (AvgIpc) is 2.72. The van der Waals surface area contributed by atoms with E-state index < -0.39 is 0 Å². The van der Waals surface area contributed by atoms with Crippen molar-refractivity contribution in [3.05, 3.63) is 35.5 Å². The summed E-state index contributed by atoms with van der Waals surface area (Å²) >= 11 is 0. The minimum Gasteiger partial charge on any atom is -0.493 e. The molecule has 0 radical (unpaired) electrons. The lowest BCUT2D eigenvalue weighted by atomic mass is 9.96. The summed E-state index contributed by atoms with van der Waals surface area (Å²) in [7, 11) is 3.16. The van der Waals surface area contributed by atoms with Gasteiger partial charge in [-0.2, -0.15) is 0 Å². The van der Waals surface area contributed by atoms with Crippen molar-refractivity contribution in [2.45, 2.75) is 45.6 Å². The summed E-state index contributed by atoms with van der Waals surface area (Å²) in [5.41, 5.74) is 1.77. The van der Waals surface area contributed by atoms with E-state index in [1.54, 1.807) is 34.1 Å². The predicted octanol–water partition coefficient (Wildman–Crippen LogP) is 3.63.